The van der Waals surface area contributed by atoms with E-state index in [1.807, 2.05) is 26.8 Å². The normalized spacial score (nSPS) is 12.9. The number of carbonyl (C=O) groups is 2. The average molecular weight is 652 g/mol. The number of hydrogen-bond acceptors (Lipinski definition) is 8. The number of carboxylic acid groups (broad SMARTS) is 1. The van der Waals surface area contributed by atoms with Crippen molar-refractivity contribution in [3.63, 3.8) is 0 Å². The molecule has 0 spiro atoms. The molecule has 9 nitrogen and oxygen atoms in total. The number of alkyl halides is 3. The lowest BCUT2D eigenvalue weighted by Crippen LogP contribution is -2.42. The van der Waals surface area contributed by atoms with Crippen molar-refractivity contribution in [3.8, 4) is 28.3 Å². The largest absolute Gasteiger partial charge is 0.534 e. The van der Waals surface area contributed by atoms with Crippen molar-refractivity contribution in [2.24, 2.45) is 0 Å². The van der Waals surface area contributed by atoms with Crippen molar-refractivity contribution in [2.45, 2.75) is 44.2 Å². The maximum Gasteiger partial charge on any atom is 0.534 e. The molecule has 1 atom stereocenters. The van der Waals surface area contributed by atoms with Crippen LogP contribution in [0.15, 0.2) is 67.0 Å². The summed E-state index contributed by atoms with van der Waals surface area (Å²) in [5, 5.41) is 12.3. The number of amides is 1. The second-order valence-electron chi connectivity index (χ2n) is 10.6. The maximum atomic E-state index is 14.6. The van der Waals surface area contributed by atoms with Gasteiger partial charge in [0.2, 0.25) is 0 Å². The van der Waals surface area contributed by atoms with Crippen LogP contribution in [0, 0.1) is 5.82 Å². The molecule has 2 aromatic heterocycles. The van der Waals surface area contributed by atoms with Gasteiger partial charge in [-0.05, 0) is 35.2 Å². The standard InChI is InChI=1S/C29H25F4N3O6S2/c1-28(2,3)24-11-10-23(43-24)26(37)36-22(27(38)39)12-16-4-6-17(7-5-16)25-34-14-18(15-35-25)20-9-8-19(13-21(20)30)42-44(40,41)29(31,32)33/h4-11,13-15,22H,12H2,1-3H3,(H,36,37)(H,38,39). The number of benzene rings is 2. The topological polar surface area (TPSA) is 136 Å². The lowest BCUT2D eigenvalue weighted by molar-refractivity contribution is -0.139. The van der Waals surface area contributed by atoms with Crippen LogP contribution in [0.5, 0.6) is 5.75 Å². The summed E-state index contributed by atoms with van der Waals surface area (Å²) in [4.78, 5) is 34.4. The zero-order valence-corrected chi connectivity index (χ0v) is 25.0. The number of halogens is 4. The van der Waals surface area contributed by atoms with Gasteiger partial charge in [-0.1, -0.05) is 45.0 Å². The molecule has 0 saturated carbocycles. The average Bonchev–Trinajstić information content (AvgIpc) is 3.44. The number of aliphatic carboxylic acids is 1. The fourth-order valence-electron chi connectivity index (χ4n) is 3.89. The van der Waals surface area contributed by atoms with Crippen LogP contribution < -0.4 is 9.50 Å². The number of nitrogens with one attached hydrogen (secondary N) is 1. The zero-order valence-electron chi connectivity index (χ0n) is 23.3. The van der Waals surface area contributed by atoms with E-state index in [4.69, 9.17) is 0 Å². The number of hydrogen-bond donors (Lipinski definition) is 2. The first kappa shape index (κ1) is 32.5. The van der Waals surface area contributed by atoms with Crippen molar-refractivity contribution >= 4 is 33.3 Å². The number of nitrogens with zero attached hydrogens (tertiary/aromatic N) is 2. The smallest absolute Gasteiger partial charge is 0.480 e. The van der Waals surface area contributed by atoms with E-state index >= 15 is 0 Å². The van der Waals surface area contributed by atoms with Crippen LogP contribution in [0.3, 0.4) is 0 Å². The minimum Gasteiger partial charge on any atom is -0.480 e. The number of thiophene rings is 1. The van der Waals surface area contributed by atoms with E-state index in [9.17, 15) is 40.7 Å². The fraction of sp³-hybridized carbons (Fsp3) is 0.241. The van der Waals surface area contributed by atoms with Crippen molar-refractivity contribution < 1.29 is 44.9 Å². The Morgan fingerprint density at radius 1 is 0.977 bits per heavy atom. The van der Waals surface area contributed by atoms with Crippen molar-refractivity contribution in [1.82, 2.24) is 15.3 Å². The summed E-state index contributed by atoms with van der Waals surface area (Å²) in [5.74, 6) is -3.34. The molecule has 15 heteroatoms. The molecule has 232 valence electrons. The third kappa shape index (κ3) is 7.58. The Balaban J connectivity index is 1.43. The Morgan fingerprint density at radius 3 is 2.14 bits per heavy atom. The maximum absolute atomic E-state index is 14.6. The molecule has 0 aliphatic carbocycles. The molecule has 0 saturated heterocycles. The highest BCUT2D eigenvalue weighted by Gasteiger charge is 2.48. The highest BCUT2D eigenvalue weighted by Crippen LogP contribution is 2.31. The van der Waals surface area contributed by atoms with E-state index < -0.39 is 45.1 Å². The fourth-order valence-corrected chi connectivity index (χ4v) is 5.31. The molecule has 0 aliphatic rings. The Hall–Kier alpha value is -4.37. The predicted octanol–water partition coefficient (Wildman–Crippen LogP) is 5.96. The van der Waals surface area contributed by atoms with Crippen molar-refractivity contribution in [3.05, 3.63) is 88.1 Å². The summed E-state index contributed by atoms with van der Waals surface area (Å²) < 4.78 is 78.4. The Kier molecular flexibility index (Phi) is 9.11. The SMILES string of the molecule is CC(C)(C)c1ccc(C(=O)NC(Cc2ccc(-c3ncc(-c4ccc(OS(=O)(=O)C(F)(F)F)cc4F)cn3)cc2)C(=O)O)s1. The molecule has 0 radical (unpaired) electrons. The van der Waals surface area contributed by atoms with Crippen LogP contribution in [0.4, 0.5) is 17.6 Å². The van der Waals surface area contributed by atoms with Gasteiger partial charge in [0.15, 0.2) is 5.82 Å². The van der Waals surface area contributed by atoms with E-state index in [0.717, 1.165) is 17.0 Å². The number of carboxylic acids is 1. The lowest BCUT2D eigenvalue weighted by Gasteiger charge is -2.16. The molecule has 2 heterocycles. The van der Waals surface area contributed by atoms with Gasteiger partial charge in [-0.2, -0.15) is 21.6 Å². The highest BCUT2D eigenvalue weighted by atomic mass is 32.2. The van der Waals surface area contributed by atoms with E-state index in [1.165, 1.54) is 23.7 Å². The van der Waals surface area contributed by atoms with Gasteiger partial charge in [-0.15, -0.1) is 11.3 Å². The van der Waals surface area contributed by atoms with Crippen LogP contribution in [-0.4, -0.2) is 46.9 Å². The molecule has 0 bridgehead atoms. The molecule has 4 aromatic rings. The quantitative estimate of drug-likeness (QED) is 0.129. The summed E-state index contributed by atoms with van der Waals surface area (Å²) in [7, 11) is -5.95. The molecular formula is C29H25F4N3O6S2. The second kappa shape index (κ2) is 12.3. The van der Waals surface area contributed by atoms with Gasteiger partial charge >= 0.3 is 21.6 Å². The van der Waals surface area contributed by atoms with E-state index in [1.54, 1.807) is 30.3 Å². The first-order valence-electron chi connectivity index (χ1n) is 12.8. The molecule has 44 heavy (non-hydrogen) atoms. The molecule has 1 amide bonds. The monoisotopic (exact) mass is 651 g/mol. The third-order valence-electron chi connectivity index (χ3n) is 6.22. The van der Waals surface area contributed by atoms with E-state index in [2.05, 4.69) is 19.5 Å². The minimum absolute atomic E-state index is 0.0158. The van der Waals surface area contributed by atoms with Crippen LogP contribution in [-0.2, 0) is 26.7 Å². The van der Waals surface area contributed by atoms with Crippen LogP contribution >= 0.6 is 11.3 Å². The van der Waals surface area contributed by atoms with Crippen LogP contribution in [0.2, 0.25) is 0 Å². The van der Waals surface area contributed by atoms with Gasteiger partial charge in [0.1, 0.15) is 17.6 Å². The minimum atomic E-state index is -5.95. The predicted molar refractivity (Wildman–Crippen MR) is 154 cm³/mol. The second-order valence-corrected chi connectivity index (χ2v) is 13.2. The zero-order chi connectivity index (χ0) is 32.4. The van der Waals surface area contributed by atoms with Crippen LogP contribution in [0.25, 0.3) is 22.5 Å². The Labute approximate surface area is 253 Å². The molecule has 0 fully saturated rings. The summed E-state index contributed by atoms with van der Waals surface area (Å²) in [6.07, 6.45) is 2.56. The van der Waals surface area contributed by atoms with Crippen molar-refractivity contribution in [2.75, 3.05) is 0 Å². The molecule has 2 N–H and O–H groups in total. The summed E-state index contributed by atoms with van der Waals surface area (Å²) in [5.41, 5.74) is -4.59. The molecule has 4 rings (SSSR count). The molecule has 2 aromatic carbocycles. The van der Waals surface area contributed by atoms with Gasteiger partial charge in [0.05, 0.1) is 4.88 Å². The first-order valence-corrected chi connectivity index (χ1v) is 15.0. The molecule has 1 unspecified atom stereocenters. The lowest BCUT2D eigenvalue weighted by atomic mass is 9.95. The number of aromatic nitrogens is 2. The summed E-state index contributed by atoms with van der Waals surface area (Å²) in [6, 6.07) is 11.3. The van der Waals surface area contributed by atoms with Gasteiger partial charge < -0.3 is 14.6 Å². The Bertz CT molecular complexity index is 1780. The Morgan fingerprint density at radius 2 is 1.61 bits per heavy atom. The van der Waals surface area contributed by atoms with E-state index in [0.29, 0.717) is 22.1 Å². The van der Waals surface area contributed by atoms with Gasteiger partial charge in [-0.25, -0.2) is 19.2 Å². The summed E-state index contributed by atoms with van der Waals surface area (Å²) >= 11 is 1.31. The third-order valence-corrected chi connectivity index (χ3v) is 8.71. The first-order chi connectivity index (χ1) is 20.4. The van der Waals surface area contributed by atoms with Gasteiger partial charge in [0.25, 0.3) is 5.91 Å². The summed E-state index contributed by atoms with van der Waals surface area (Å²) in [6.45, 7) is 6.05. The van der Waals surface area contributed by atoms with E-state index in [-0.39, 0.29) is 28.8 Å². The van der Waals surface area contributed by atoms with Gasteiger partial charge in [0, 0.05) is 46.4 Å². The van der Waals surface area contributed by atoms with Crippen LogP contribution in [0.1, 0.15) is 40.9 Å². The molecular weight excluding hydrogens is 626 g/mol. The molecule has 0 aliphatic heterocycles. The number of rotatable bonds is 9. The van der Waals surface area contributed by atoms with Crippen molar-refractivity contribution in [1.29, 1.82) is 0 Å². The van der Waals surface area contributed by atoms with Gasteiger partial charge in [-0.3, -0.25) is 4.79 Å². The highest BCUT2D eigenvalue weighted by molar-refractivity contribution is 7.88. The number of carbonyl (C=O) groups excluding carboxylic acids is 1.